The van der Waals surface area contributed by atoms with Crippen molar-refractivity contribution in [3.8, 4) is 0 Å². The lowest BCUT2D eigenvalue weighted by Crippen LogP contribution is -2.37. The van der Waals surface area contributed by atoms with Gasteiger partial charge in [-0.3, -0.25) is 14.9 Å². The first-order valence-electron chi connectivity index (χ1n) is 8.45. The van der Waals surface area contributed by atoms with Crippen molar-refractivity contribution in [1.82, 2.24) is 10.2 Å². The third-order valence-corrected chi connectivity index (χ3v) is 6.14. The van der Waals surface area contributed by atoms with E-state index >= 15 is 0 Å². The molecule has 0 radical (unpaired) electrons. The maximum Gasteiger partial charge on any atom is 0.269 e. The third-order valence-electron chi connectivity index (χ3n) is 5.04. The van der Waals surface area contributed by atoms with Crippen molar-refractivity contribution in [2.24, 2.45) is 11.8 Å². The monoisotopic (exact) mass is 349 g/mol. The van der Waals surface area contributed by atoms with E-state index < -0.39 is 4.92 Å². The van der Waals surface area contributed by atoms with Crippen LogP contribution in [0.5, 0.6) is 0 Å². The van der Waals surface area contributed by atoms with Crippen molar-refractivity contribution in [2.75, 3.05) is 26.2 Å². The summed E-state index contributed by atoms with van der Waals surface area (Å²) in [4.78, 5) is 25.9. The van der Waals surface area contributed by atoms with Crippen molar-refractivity contribution in [3.05, 3.63) is 34.4 Å². The molecule has 1 amide bonds. The second-order valence-corrected chi connectivity index (χ2v) is 8.01. The highest BCUT2D eigenvalue weighted by Gasteiger charge is 2.32. The number of benzene rings is 1. The number of nitrogens with one attached hydrogen (secondary N) is 1. The topological polar surface area (TPSA) is 75.5 Å². The summed E-state index contributed by atoms with van der Waals surface area (Å²) >= 11 is 1.47. The number of nitro benzene ring substituents is 1. The second-order valence-electron chi connectivity index (χ2n) is 6.59. The average Bonchev–Trinajstić information content (AvgIpc) is 2.93. The first-order chi connectivity index (χ1) is 11.5. The van der Waals surface area contributed by atoms with Crippen LogP contribution in [-0.4, -0.2) is 47.2 Å². The molecule has 0 bridgehead atoms. The van der Waals surface area contributed by atoms with Crippen LogP contribution in [0.3, 0.4) is 0 Å². The average molecular weight is 349 g/mol. The van der Waals surface area contributed by atoms with Crippen LogP contribution in [0.15, 0.2) is 29.2 Å². The van der Waals surface area contributed by atoms with Crippen LogP contribution in [0.4, 0.5) is 5.69 Å². The van der Waals surface area contributed by atoms with Crippen molar-refractivity contribution < 1.29 is 9.72 Å². The number of hydrogen-bond donors (Lipinski definition) is 1. The standard InChI is InChI=1S/C17H23N3O3S/c1-12(24-16-4-2-15(3-5-16)20(22)23)17(21)19-8-6-13-10-18-11-14(13)7-9-19/h2-5,12-14,18H,6-11H2,1H3/t12?,13-,14+. The smallest absolute Gasteiger partial charge is 0.269 e. The molecule has 2 aliphatic rings. The van der Waals surface area contributed by atoms with Crippen LogP contribution >= 0.6 is 11.8 Å². The number of nitro groups is 1. The maximum absolute atomic E-state index is 12.7. The van der Waals surface area contributed by atoms with Gasteiger partial charge in [0, 0.05) is 30.1 Å². The van der Waals surface area contributed by atoms with E-state index in [-0.39, 0.29) is 16.8 Å². The normalized spacial score (nSPS) is 25.0. The molecule has 2 fully saturated rings. The van der Waals surface area contributed by atoms with Crippen LogP contribution in [0.2, 0.25) is 0 Å². The molecule has 6 nitrogen and oxygen atoms in total. The highest BCUT2D eigenvalue weighted by molar-refractivity contribution is 8.00. The number of hydrogen-bond acceptors (Lipinski definition) is 5. The van der Waals surface area contributed by atoms with E-state index in [1.165, 1.54) is 23.9 Å². The van der Waals surface area contributed by atoms with Gasteiger partial charge >= 0.3 is 0 Å². The number of thioether (sulfide) groups is 1. The van der Waals surface area contributed by atoms with Crippen LogP contribution < -0.4 is 5.32 Å². The molecule has 1 aromatic rings. The molecule has 2 aliphatic heterocycles. The van der Waals surface area contributed by atoms with Crippen molar-refractivity contribution in [2.45, 2.75) is 29.9 Å². The first-order valence-corrected chi connectivity index (χ1v) is 9.33. The fourth-order valence-corrected chi connectivity index (χ4v) is 4.55. The Morgan fingerprint density at radius 1 is 1.25 bits per heavy atom. The van der Waals surface area contributed by atoms with Crippen LogP contribution in [-0.2, 0) is 4.79 Å². The summed E-state index contributed by atoms with van der Waals surface area (Å²) in [6.07, 6.45) is 2.16. The molecule has 3 rings (SSSR count). The summed E-state index contributed by atoms with van der Waals surface area (Å²) in [5.41, 5.74) is 0.0750. The number of fused-ring (bicyclic) bond motifs is 1. The molecular weight excluding hydrogens is 326 g/mol. The van der Waals surface area contributed by atoms with Gasteiger partial charge in [-0.2, -0.15) is 0 Å². The summed E-state index contributed by atoms with van der Waals surface area (Å²) in [6.45, 7) is 5.76. The van der Waals surface area contributed by atoms with Gasteiger partial charge < -0.3 is 10.2 Å². The number of rotatable bonds is 4. The molecule has 2 saturated heterocycles. The Morgan fingerprint density at radius 3 is 2.38 bits per heavy atom. The lowest BCUT2D eigenvalue weighted by atomic mass is 9.92. The lowest BCUT2D eigenvalue weighted by Gasteiger charge is -2.24. The molecule has 3 atom stereocenters. The molecule has 24 heavy (non-hydrogen) atoms. The molecule has 0 spiro atoms. The quantitative estimate of drug-likeness (QED) is 0.514. The van der Waals surface area contributed by atoms with Gasteiger partial charge in [-0.15, -0.1) is 11.8 Å². The van der Waals surface area contributed by atoms with E-state index in [1.807, 2.05) is 11.8 Å². The van der Waals surface area contributed by atoms with Gasteiger partial charge in [-0.1, -0.05) is 0 Å². The Morgan fingerprint density at radius 2 is 1.83 bits per heavy atom. The highest BCUT2D eigenvalue weighted by Crippen LogP contribution is 2.30. The number of carbonyl (C=O) groups excluding carboxylic acids is 1. The fourth-order valence-electron chi connectivity index (χ4n) is 3.60. The van der Waals surface area contributed by atoms with Crippen molar-refractivity contribution in [3.63, 3.8) is 0 Å². The van der Waals surface area contributed by atoms with Gasteiger partial charge in [-0.25, -0.2) is 0 Å². The molecule has 130 valence electrons. The van der Waals surface area contributed by atoms with E-state index in [9.17, 15) is 14.9 Å². The zero-order valence-corrected chi connectivity index (χ0v) is 14.6. The number of likely N-dealkylation sites (tertiary alicyclic amines) is 1. The molecule has 1 N–H and O–H groups in total. The van der Waals surface area contributed by atoms with Gasteiger partial charge in [0.15, 0.2) is 0 Å². The van der Waals surface area contributed by atoms with Gasteiger partial charge in [0.1, 0.15) is 0 Å². The van der Waals surface area contributed by atoms with Gasteiger partial charge in [0.25, 0.3) is 5.69 Å². The number of amides is 1. The van der Waals surface area contributed by atoms with E-state index in [4.69, 9.17) is 0 Å². The van der Waals surface area contributed by atoms with E-state index in [0.29, 0.717) is 11.8 Å². The number of non-ortho nitro benzene ring substituents is 1. The summed E-state index contributed by atoms with van der Waals surface area (Å²) in [6, 6.07) is 6.40. The summed E-state index contributed by atoms with van der Waals surface area (Å²) in [5.74, 6) is 1.59. The molecule has 1 aromatic carbocycles. The molecule has 0 aliphatic carbocycles. The Hall–Kier alpha value is -1.60. The zero-order chi connectivity index (χ0) is 17.1. The summed E-state index contributed by atoms with van der Waals surface area (Å²) in [5, 5.41) is 14.0. The Bertz CT molecular complexity index is 594. The minimum Gasteiger partial charge on any atom is -0.342 e. The third kappa shape index (κ3) is 3.89. The van der Waals surface area contributed by atoms with Crippen molar-refractivity contribution in [1.29, 1.82) is 0 Å². The van der Waals surface area contributed by atoms with Gasteiger partial charge in [-0.05, 0) is 56.8 Å². The van der Waals surface area contributed by atoms with Crippen molar-refractivity contribution >= 4 is 23.4 Å². The fraction of sp³-hybridized carbons (Fsp3) is 0.588. The number of nitrogens with zero attached hydrogens (tertiary/aromatic N) is 2. The molecule has 0 saturated carbocycles. The summed E-state index contributed by atoms with van der Waals surface area (Å²) < 4.78 is 0. The SMILES string of the molecule is CC(Sc1ccc([N+](=O)[O-])cc1)C(=O)N1CC[C@@H]2CNC[C@@H]2CC1. The van der Waals surface area contributed by atoms with E-state index in [1.54, 1.807) is 12.1 Å². The summed E-state index contributed by atoms with van der Waals surface area (Å²) in [7, 11) is 0. The minimum atomic E-state index is -0.411. The lowest BCUT2D eigenvalue weighted by molar-refractivity contribution is -0.384. The Labute approximate surface area is 146 Å². The first kappa shape index (κ1) is 17.2. The second kappa shape index (κ2) is 7.53. The molecular formula is C17H23N3O3S. The predicted molar refractivity (Wildman–Crippen MR) is 94.1 cm³/mol. The largest absolute Gasteiger partial charge is 0.342 e. The van der Waals surface area contributed by atoms with Gasteiger partial charge in [0.2, 0.25) is 5.91 Å². The van der Waals surface area contributed by atoms with Crippen LogP contribution in [0.25, 0.3) is 0 Å². The van der Waals surface area contributed by atoms with Gasteiger partial charge in [0.05, 0.1) is 10.2 Å². The van der Waals surface area contributed by atoms with E-state index in [2.05, 4.69) is 5.32 Å². The Balaban J connectivity index is 1.57. The van der Waals surface area contributed by atoms with Crippen LogP contribution in [0.1, 0.15) is 19.8 Å². The highest BCUT2D eigenvalue weighted by atomic mass is 32.2. The molecule has 1 unspecified atom stereocenters. The van der Waals surface area contributed by atoms with Crippen LogP contribution in [0, 0.1) is 22.0 Å². The molecule has 7 heteroatoms. The Kier molecular flexibility index (Phi) is 5.40. The molecule has 2 heterocycles. The maximum atomic E-state index is 12.7. The number of carbonyl (C=O) groups is 1. The minimum absolute atomic E-state index is 0.0750. The molecule has 0 aromatic heterocycles. The zero-order valence-electron chi connectivity index (χ0n) is 13.8. The predicted octanol–water partition coefficient (Wildman–Crippen LogP) is 2.53. The van der Waals surface area contributed by atoms with E-state index in [0.717, 1.165) is 43.9 Å².